The van der Waals surface area contributed by atoms with E-state index in [1.165, 1.54) is 0 Å². The normalized spacial score (nSPS) is 19.5. The Morgan fingerprint density at radius 3 is 2.71 bits per heavy atom. The molecule has 2 aromatic heterocycles. The van der Waals surface area contributed by atoms with Gasteiger partial charge < -0.3 is 19.5 Å². The average Bonchev–Trinajstić information content (AvgIpc) is 3.36. The molecule has 31 heavy (non-hydrogen) atoms. The van der Waals surface area contributed by atoms with Crippen molar-refractivity contribution in [2.45, 2.75) is 38.7 Å². The van der Waals surface area contributed by atoms with Crippen LogP contribution < -0.4 is 9.64 Å². The number of fused-ring (bicyclic) bond motifs is 1. The highest BCUT2D eigenvalue weighted by Crippen LogP contribution is 2.40. The van der Waals surface area contributed by atoms with E-state index in [2.05, 4.69) is 32.0 Å². The van der Waals surface area contributed by atoms with E-state index in [1.807, 2.05) is 36.1 Å². The number of hydrogen-bond acceptors (Lipinski definition) is 8. The van der Waals surface area contributed by atoms with Gasteiger partial charge in [-0.25, -0.2) is 9.97 Å². The first-order chi connectivity index (χ1) is 15.0. The van der Waals surface area contributed by atoms with Crippen molar-refractivity contribution >= 4 is 16.7 Å². The van der Waals surface area contributed by atoms with Gasteiger partial charge in [0.05, 0.1) is 11.2 Å². The van der Waals surface area contributed by atoms with Crippen LogP contribution in [0.4, 0.5) is 5.82 Å². The summed E-state index contributed by atoms with van der Waals surface area (Å²) in [4.78, 5) is 13.1. The van der Waals surface area contributed by atoms with Crippen LogP contribution in [0.2, 0.25) is 0 Å². The Balaban J connectivity index is 1.36. The Labute approximate surface area is 181 Å². The lowest BCUT2D eigenvalue weighted by atomic mass is 10.1. The number of piperazine rings is 1. The molecule has 0 radical (unpaired) electrons. The number of aromatic amines is 1. The summed E-state index contributed by atoms with van der Waals surface area (Å²) >= 11 is 0. The number of aliphatic hydroxyl groups excluding tert-OH is 1. The average molecular weight is 425 g/mol. The predicted octanol–water partition coefficient (Wildman–Crippen LogP) is 2.39. The number of anilines is 1. The van der Waals surface area contributed by atoms with Crippen LogP contribution in [0.15, 0.2) is 30.6 Å². The highest BCUT2D eigenvalue weighted by molar-refractivity contribution is 5.93. The number of aromatic nitrogens is 4. The number of rotatable bonds is 7. The fourth-order valence-electron chi connectivity index (χ4n) is 3.89. The lowest BCUT2D eigenvalue weighted by Crippen LogP contribution is -2.51. The Morgan fingerprint density at radius 1 is 1.16 bits per heavy atom. The molecule has 0 spiro atoms. The minimum Gasteiger partial charge on any atom is -0.488 e. The summed E-state index contributed by atoms with van der Waals surface area (Å²) in [6.07, 6.45) is 2.91. The molecule has 1 saturated heterocycles. The molecule has 3 heterocycles. The smallest absolute Gasteiger partial charge is 0.216 e. The van der Waals surface area contributed by atoms with Gasteiger partial charge in [0, 0.05) is 44.2 Å². The van der Waals surface area contributed by atoms with E-state index in [0.29, 0.717) is 19.7 Å². The predicted molar refractivity (Wildman–Crippen MR) is 117 cm³/mol. The number of hydrogen-bond donors (Lipinski definition) is 2. The zero-order valence-electron chi connectivity index (χ0n) is 17.9. The van der Waals surface area contributed by atoms with Crippen LogP contribution in [0.5, 0.6) is 5.75 Å². The summed E-state index contributed by atoms with van der Waals surface area (Å²) in [6, 6.07) is 7.99. The first-order valence-electron chi connectivity index (χ1n) is 10.8. The van der Waals surface area contributed by atoms with Gasteiger partial charge >= 0.3 is 0 Å². The number of H-pyrrole nitrogens is 1. The zero-order valence-corrected chi connectivity index (χ0v) is 17.9. The van der Waals surface area contributed by atoms with Gasteiger partial charge in [-0.1, -0.05) is 0 Å². The Morgan fingerprint density at radius 2 is 1.97 bits per heavy atom. The molecule has 1 aliphatic carbocycles. The second kappa shape index (κ2) is 8.07. The van der Waals surface area contributed by atoms with Gasteiger partial charge in [0.1, 0.15) is 29.2 Å². The number of aliphatic hydroxyl groups is 1. The maximum absolute atomic E-state index is 10.0. The standard InChI is InChI=1S/C22H28N6O3/c1-3-30-21(29)28-10-8-27(9-11-28)19-13-18(23-14-24-19)20-16-12-15(31-22(2)6-7-22)4-5-17(16)25-26-20/h4-5,12-14,21,29H,3,6-11H2,1-2H3,(H,25,26)/t21-/m0/s1. The van der Waals surface area contributed by atoms with Gasteiger partial charge in [-0.05, 0) is 44.9 Å². The van der Waals surface area contributed by atoms with Crippen molar-refractivity contribution in [1.29, 1.82) is 0 Å². The molecule has 1 atom stereocenters. The molecule has 9 heteroatoms. The van der Waals surface area contributed by atoms with Crippen LogP contribution in [0.1, 0.15) is 26.7 Å². The van der Waals surface area contributed by atoms with Crippen LogP contribution >= 0.6 is 0 Å². The molecular formula is C22H28N6O3. The third kappa shape index (κ3) is 4.21. The minimum absolute atomic E-state index is 0.0302. The van der Waals surface area contributed by atoms with E-state index in [1.54, 1.807) is 6.33 Å². The first-order valence-corrected chi connectivity index (χ1v) is 10.8. The maximum Gasteiger partial charge on any atom is 0.216 e. The largest absolute Gasteiger partial charge is 0.488 e. The Hall–Kier alpha value is -2.75. The van der Waals surface area contributed by atoms with Gasteiger partial charge in [0.2, 0.25) is 6.41 Å². The summed E-state index contributed by atoms with van der Waals surface area (Å²) < 4.78 is 11.4. The number of nitrogens with one attached hydrogen (secondary N) is 1. The minimum atomic E-state index is -0.849. The molecule has 3 aromatic rings. The van der Waals surface area contributed by atoms with Gasteiger partial charge in [-0.15, -0.1) is 0 Å². The van der Waals surface area contributed by atoms with E-state index in [-0.39, 0.29) is 5.60 Å². The molecule has 9 nitrogen and oxygen atoms in total. The molecule has 1 aromatic carbocycles. The second-order valence-corrected chi connectivity index (χ2v) is 8.40. The van der Waals surface area contributed by atoms with Crippen molar-refractivity contribution in [3.63, 3.8) is 0 Å². The summed E-state index contributed by atoms with van der Waals surface area (Å²) in [5, 5.41) is 18.6. The first kappa shape index (κ1) is 20.2. The zero-order chi connectivity index (χ0) is 21.4. The SMILES string of the molecule is CCO[C@H](O)N1CCN(c2cc(-c3n[nH]c4ccc(OC5(C)CC5)cc34)ncn2)CC1. The van der Waals surface area contributed by atoms with Crippen molar-refractivity contribution in [3.8, 4) is 17.1 Å². The maximum atomic E-state index is 10.0. The summed E-state index contributed by atoms with van der Waals surface area (Å²) in [5.41, 5.74) is 2.47. The fourth-order valence-corrected chi connectivity index (χ4v) is 3.89. The van der Waals surface area contributed by atoms with Crippen LogP contribution in [0, 0.1) is 0 Å². The quantitative estimate of drug-likeness (QED) is 0.558. The molecule has 5 rings (SSSR count). The summed E-state index contributed by atoms with van der Waals surface area (Å²) in [7, 11) is 0. The molecule has 1 saturated carbocycles. The van der Waals surface area contributed by atoms with Crippen molar-refractivity contribution in [3.05, 3.63) is 30.6 Å². The van der Waals surface area contributed by atoms with Gasteiger partial charge in [0.15, 0.2) is 0 Å². The Bertz CT molecular complexity index is 1060. The molecule has 0 unspecified atom stereocenters. The second-order valence-electron chi connectivity index (χ2n) is 8.40. The molecule has 0 bridgehead atoms. The lowest BCUT2D eigenvalue weighted by Gasteiger charge is -2.37. The summed E-state index contributed by atoms with van der Waals surface area (Å²) in [5.74, 6) is 1.71. The van der Waals surface area contributed by atoms with E-state index in [9.17, 15) is 5.11 Å². The van der Waals surface area contributed by atoms with Crippen LogP contribution in [0.3, 0.4) is 0 Å². The highest BCUT2D eigenvalue weighted by atomic mass is 16.6. The number of ether oxygens (including phenoxy) is 2. The van der Waals surface area contributed by atoms with Crippen LogP contribution in [-0.2, 0) is 4.74 Å². The monoisotopic (exact) mass is 424 g/mol. The van der Waals surface area contributed by atoms with Crippen molar-refractivity contribution in [2.75, 3.05) is 37.7 Å². The van der Waals surface area contributed by atoms with Crippen molar-refractivity contribution in [1.82, 2.24) is 25.1 Å². The molecule has 2 aliphatic rings. The van der Waals surface area contributed by atoms with Gasteiger partial charge in [-0.3, -0.25) is 10.00 Å². The Kier molecular flexibility index (Phi) is 5.25. The highest BCUT2D eigenvalue weighted by Gasteiger charge is 2.40. The third-order valence-electron chi connectivity index (χ3n) is 6.01. The van der Waals surface area contributed by atoms with E-state index >= 15 is 0 Å². The molecule has 164 valence electrons. The van der Waals surface area contributed by atoms with Crippen LogP contribution in [-0.4, -0.2) is 75.0 Å². The van der Waals surface area contributed by atoms with E-state index in [0.717, 1.165) is 59.8 Å². The van der Waals surface area contributed by atoms with Gasteiger partial charge in [0.25, 0.3) is 0 Å². The van der Waals surface area contributed by atoms with E-state index < -0.39 is 6.41 Å². The van der Waals surface area contributed by atoms with Crippen molar-refractivity contribution in [2.24, 2.45) is 0 Å². The fraction of sp³-hybridized carbons (Fsp3) is 0.500. The third-order valence-corrected chi connectivity index (χ3v) is 6.01. The molecule has 2 N–H and O–H groups in total. The molecule has 0 amide bonds. The number of nitrogens with zero attached hydrogens (tertiary/aromatic N) is 5. The van der Waals surface area contributed by atoms with Crippen LogP contribution in [0.25, 0.3) is 22.3 Å². The lowest BCUT2D eigenvalue weighted by molar-refractivity contribution is -0.191. The molecule has 2 fully saturated rings. The summed E-state index contributed by atoms with van der Waals surface area (Å²) in [6.45, 7) is 7.40. The molecule has 1 aliphatic heterocycles. The molecular weight excluding hydrogens is 396 g/mol. The van der Waals surface area contributed by atoms with Crippen molar-refractivity contribution < 1.29 is 14.6 Å². The van der Waals surface area contributed by atoms with Gasteiger partial charge in [-0.2, -0.15) is 5.10 Å². The van der Waals surface area contributed by atoms with E-state index in [4.69, 9.17) is 9.47 Å². The number of benzene rings is 1. The topological polar surface area (TPSA) is 99.6 Å².